The Morgan fingerprint density at radius 3 is 2.45 bits per heavy atom. The fraction of sp³-hybridized carbons (Fsp3) is 0.333. The minimum Gasteiger partial charge on any atom is -0.502 e. The molecule has 0 aliphatic carbocycles. The van der Waals surface area contributed by atoms with Crippen molar-refractivity contribution in [2.24, 2.45) is 5.73 Å². The fourth-order valence-corrected chi connectivity index (χ4v) is 0.741. The molecule has 0 bridgehead atoms. The van der Waals surface area contributed by atoms with E-state index in [1.165, 1.54) is 0 Å². The molecule has 0 radical (unpaired) electrons. The Morgan fingerprint density at radius 1 is 1.36 bits per heavy atom. The summed E-state index contributed by atoms with van der Waals surface area (Å²) in [4.78, 5) is 21.0. The summed E-state index contributed by atoms with van der Waals surface area (Å²) < 4.78 is 0. The van der Waals surface area contributed by atoms with Crippen LogP contribution in [-0.2, 0) is 0 Å². The molecule has 0 unspecified atom stereocenters. The van der Waals surface area contributed by atoms with Crippen LogP contribution in [0.15, 0.2) is 9.59 Å². The molecule has 0 aromatic heterocycles. The van der Waals surface area contributed by atoms with Gasteiger partial charge in [-0.05, 0) is 0 Å². The zero-order chi connectivity index (χ0) is 8.43. The predicted molar refractivity (Wildman–Crippen MR) is 40.6 cm³/mol. The number of rotatable bonds is 3. The molecule has 5 heteroatoms. The van der Waals surface area contributed by atoms with Gasteiger partial charge in [-0.1, -0.05) is 0 Å². The van der Waals surface area contributed by atoms with Crippen molar-refractivity contribution < 1.29 is 5.11 Å². The minimum atomic E-state index is -0.829. The van der Waals surface area contributed by atoms with Gasteiger partial charge in [-0.25, -0.2) is 0 Å². The molecule has 4 N–H and O–H groups in total. The second-order valence-corrected chi connectivity index (χ2v) is 2.10. The van der Waals surface area contributed by atoms with Gasteiger partial charge in [-0.15, -0.1) is 0 Å². The van der Waals surface area contributed by atoms with Gasteiger partial charge in [0.15, 0.2) is 5.75 Å². The van der Waals surface area contributed by atoms with Crippen molar-refractivity contribution in [3.8, 4) is 5.75 Å². The zero-order valence-corrected chi connectivity index (χ0v) is 5.76. The summed E-state index contributed by atoms with van der Waals surface area (Å²) in [5, 5.41) is 11.3. The van der Waals surface area contributed by atoms with Crippen LogP contribution in [0, 0.1) is 0 Å². The van der Waals surface area contributed by atoms with Gasteiger partial charge >= 0.3 is 0 Å². The Morgan fingerprint density at radius 2 is 2.00 bits per heavy atom. The minimum absolute atomic E-state index is 0.0135. The first kappa shape index (κ1) is 7.74. The lowest BCUT2D eigenvalue weighted by atomic mass is 10.2. The fourth-order valence-electron chi connectivity index (χ4n) is 0.741. The van der Waals surface area contributed by atoms with Crippen LogP contribution >= 0.6 is 0 Å². The van der Waals surface area contributed by atoms with Crippen molar-refractivity contribution in [2.75, 3.05) is 18.4 Å². The Kier molecular flexibility index (Phi) is 1.91. The quantitative estimate of drug-likeness (QED) is 0.456. The van der Waals surface area contributed by atoms with Crippen molar-refractivity contribution in [3.63, 3.8) is 0 Å². The molecule has 11 heavy (non-hydrogen) atoms. The van der Waals surface area contributed by atoms with Crippen LogP contribution in [0.25, 0.3) is 0 Å². The third-order valence-electron chi connectivity index (χ3n) is 1.33. The number of hydrogen-bond donors (Lipinski definition) is 3. The molecule has 1 rings (SSSR count). The van der Waals surface area contributed by atoms with E-state index in [-0.39, 0.29) is 5.69 Å². The highest BCUT2D eigenvalue weighted by Gasteiger charge is 2.18. The molecular formula is C6H8N2O3. The largest absolute Gasteiger partial charge is 0.502 e. The predicted octanol–water partition coefficient (Wildman–Crippen LogP) is -1.64. The van der Waals surface area contributed by atoms with E-state index in [0.29, 0.717) is 13.1 Å². The van der Waals surface area contributed by atoms with Crippen LogP contribution in [-0.4, -0.2) is 18.2 Å². The number of nitrogens with two attached hydrogens (primary N) is 1. The molecule has 5 nitrogen and oxygen atoms in total. The lowest BCUT2D eigenvalue weighted by Crippen LogP contribution is -2.34. The Bertz CT molecular complexity index is 324. The van der Waals surface area contributed by atoms with Crippen molar-refractivity contribution in [2.45, 2.75) is 0 Å². The highest BCUT2D eigenvalue weighted by Crippen LogP contribution is 2.13. The van der Waals surface area contributed by atoms with Gasteiger partial charge in [0.05, 0.1) is 0 Å². The standard InChI is InChI=1S/C6H8N2O3/c7-1-2-8-3-4(9)6(11)5(3)10/h8-9H,1-2,7H2. The van der Waals surface area contributed by atoms with Crippen molar-refractivity contribution in [1.82, 2.24) is 0 Å². The van der Waals surface area contributed by atoms with Gasteiger partial charge in [-0.3, -0.25) is 9.59 Å². The number of hydrogen-bond acceptors (Lipinski definition) is 5. The summed E-state index contributed by atoms with van der Waals surface area (Å²) in [6.45, 7) is 0.719. The molecule has 0 saturated heterocycles. The first-order valence-electron chi connectivity index (χ1n) is 3.14. The summed E-state index contributed by atoms with van der Waals surface area (Å²) in [6, 6.07) is 0. The van der Waals surface area contributed by atoms with E-state index in [2.05, 4.69) is 5.32 Å². The molecular weight excluding hydrogens is 148 g/mol. The van der Waals surface area contributed by atoms with Crippen LogP contribution in [0.2, 0.25) is 0 Å². The van der Waals surface area contributed by atoms with Crippen molar-refractivity contribution in [1.29, 1.82) is 0 Å². The molecule has 60 valence electrons. The van der Waals surface area contributed by atoms with Crippen molar-refractivity contribution in [3.05, 3.63) is 20.4 Å². The molecule has 0 spiro atoms. The summed E-state index contributed by atoms with van der Waals surface area (Å²) in [6.07, 6.45) is 0. The molecule has 0 atom stereocenters. The van der Waals surface area contributed by atoms with Gasteiger partial charge in [-0.2, -0.15) is 0 Å². The lowest BCUT2D eigenvalue weighted by molar-refractivity contribution is 0.465. The van der Waals surface area contributed by atoms with E-state index in [1.54, 1.807) is 0 Å². The van der Waals surface area contributed by atoms with Crippen LogP contribution in [0.3, 0.4) is 0 Å². The third-order valence-corrected chi connectivity index (χ3v) is 1.33. The highest BCUT2D eigenvalue weighted by molar-refractivity contribution is 5.60. The third kappa shape index (κ3) is 1.10. The van der Waals surface area contributed by atoms with E-state index in [9.17, 15) is 9.59 Å². The van der Waals surface area contributed by atoms with Gasteiger partial charge in [0, 0.05) is 13.1 Å². The first-order valence-corrected chi connectivity index (χ1v) is 3.14. The van der Waals surface area contributed by atoms with Crippen molar-refractivity contribution >= 4 is 5.69 Å². The summed E-state index contributed by atoms with van der Waals surface area (Å²) in [7, 11) is 0. The Balaban J connectivity index is 2.75. The average Bonchev–Trinajstić information content (AvgIpc) is 2.04. The number of nitrogens with one attached hydrogen (secondary N) is 1. The molecule has 0 saturated carbocycles. The average molecular weight is 156 g/mol. The zero-order valence-electron chi connectivity index (χ0n) is 5.76. The molecule has 0 aliphatic heterocycles. The van der Waals surface area contributed by atoms with Gasteiger partial charge in [0.2, 0.25) is 0 Å². The van der Waals surface area contributed by atoms with Crippen LogP contribution < -0.4 is 21.9 Å². The van der Waals surface area contributed by atoms with E-state index in [0.717, 1.165) is 0 Å². The molecule has 1 aromatic carbocycles. The van der Waals surface area contributed by atoms with E-state index < -0.39 is 16.6 Å². The van der Waals surface area contributed by atoms with Crippen LogP contribution in [0.1, 0.15) is 0 Å². The molecule has 0 aliphatic rings. The number of aromatic hydroxyl groups is 1. The topological polar surface area (TPSA) is 92.4 Å². The lowest BCUT2D eigenvalue weighted by Gasteiger charge is -2.06. The van der Waals surface area contributed by atoms with E-state index in [1.807, 2.05) is 0 Å². The van der Waals surface area contributed by atoms with Gasteiger partial charge in [0.25, 0.3) is 10.9 Å². The maximum absolute atomic E-state index is 10.6. The summed E-state index contributed by atoms with van der Waals surface area (Å²) in [5.41, 5.74) is 3.61. The monoisotopic (exact) mass is 156 g/mol. The van der Waals surface area contributed by atoms with E-state index >= 15 is 0 Å². The Hall–Kier alpha value is -1.36. The van der Waals surface area contributed by atoms with E-state index in [4.69, 9.17) is 10.8 Å². The maximum atomic E-state index is 10.6. The van der Waals surface area contributed by atoms with Gasteiger partial charge in [0.1, 0.15) is 5.69 Å². The SMILES string of the molecule is NCCNc1c(O)c(=O)c1=O. The molecule has 0 heterocycles. The Labute approximate surface area is 62.1 Å². The van der Waals surface area contributed by atoms with Gasteiger partial charge < -0.3 is 16.2 Å². The summed E-state index contributed by atoms with van der Waals surface area (Å²) >= 11 is 0. The molecule has 0 amide bonds. The normalized spacial score (nSPS) is 10.3. The molecule has 0 fully saturated rings. The summed E-state index contributed by atoms with van der Waals surface area (Å²) in [5.74, 6) is -0.483. The smallest absolute Gasteiger partial charge is 0.271 e. The maximum Gasteiger partial charge on any atom is 0.271 e. The first-order chi connectivity index (χ1) is 5.18. The number of anilines is 1. The molecule has 1 aromatic rings. The van der Waals surface area contributed by atoms with Crippen LogP contribution in [0.4, 0.5) is 5.69 Å². The second-order valence-electron chi connectivity index (χ2n) is 2.10. The highest BCUT2D eigenvalue weighted by atomic mass is 16.3. The second kappa shape index (κ2) is 2.71. The van der Waals surface area contributed by atoms with Crippen LogP contribution in [0.5, 0.6) is 5.75 Å².